The van der Waals surface area contributed by atoms with Crippen molar-refractivity contribution in [2.45, 2.75) is 27.7 Å². The van der Waals surface area contributed by atoms with Crippen molar-refractivity contribution >= 4 is 23.1 Å². The van der Waals surface area contributed by atoms with Crippen LogP contribution in [0.25, 0.3) is 0 Å². The molecule has 1 aromatic rings. The Balaban J connectivity index is 2.65. The summed E-state index contributed by atoms with van der Waals surface area (Å²) in [4.78, 5) is 15.6. The van der Waals surface area contributed by atoms with Crippen molar-refractivity contribution in [3.63, 3.8) is 0 Å². The molecule has 1 heterocycles. The molecule has 0 atom stereocenters. The summed E-state index contributed by atoms with van der Waals surface area (Å²) in [5, 5.41) is 5.57. The standard InChI is InChI=1S/C9H14N2OS/c1-6-10-7(5-13-6)11-8(12)9(2,3)4/h5H,1-4H3,(H,11,12). The fraction of sp³-hybridized carbons (Fsp3) is 0.556. The second-order valence-electron chi connectivity index (χ2n) is 3.96. The van der Waals surface area contributed by atoms with Crippen LogP contribution in [0.4, 0.5) is 5.82 Å². The van der Waals surface area contributed by atoms with Crippen LogP contribution in [-0.4, -0.2) is 10.9 Å². The van der Waals surface area contributed by atoms with Crippen molar-refractivity contribution in [1.29, 1.82) is 0 Å². The van der Waals surface area contributed by atoms with Gasteiger partial charge >= 0.3 is 0 Å². The zero-order valence-electron chi connectivity index (χ0n) is 8.34. The van der Waals surface area contributed by atoms with E-state index in [0.29, 0.717) is 5.82 Å². The summed E-state index contributed by atoms with van der Waals surface area (Å²) in [6, 6.07) is 0. The molecule has 1 rings (SSSR count). The van der Waals surface area contributed by atoms with Gasteiger partial charge in [-0.2, -0.15) is 0 Å². The van der Waals surface area contributed by atoms with E-state index in [9.17, 15) is 4.79 Å². The van der Waals surface area contributed by atoms with Gasteiger partial charge in [0.15, 0.2) is 0 Å². The minimum atomic E-state index is -0.364. The molecule has 0 aliphatic heterocycles. The summed E-state index contributed by atoms with van der Waals surface area (Å²) in [6.45, 7) is 7.54. The smallest absolute Gasteiger partial charge is 0.230 e. The molecule has 0 spiro atoms. The lowest BCUT2D eigenvalue weighted by molar-refractivity contribution is -0.123. The lowest BCUT2D eigenvalue weighted by Crippen LogP contribution is -2.27. The zero-order valence-corrected chi connectivity index (χ0v) is 9.16. The largest absolute Gasteiger partial charge is 0.310 e. The molecule has 0 radical (unpaired) electrons. The van der Waals surface area contributed by atoms with Gasteiger partial charge in [0.2, 0.25) is 5.91 Å². The molecule has 0 bridgehead atoms. The summed E-state index contributed by atoms with van der Waals surface area (Å²) in [5.41, 5.74) is -0.364. The maximum absolute atomic E-state index is 11.5. The molecule has 0 saturated carbocycles. The summed E-state index contributed by atoms with van der Waals surface area (Å²) < 4.78 is 0. The van der Waals surface area contributed by atoms with E-state index in [4.69, 9.17) is 0 Å². The Morgan fingerprint density at radius 1 is 1.54 bits per heavy atom. The highest BCUT2D eigenvalue weighted by Crippen LogP contribution is 2.18. The topological polar surface area (TPSA) is 42.0 Å². The molecule has 1 N–H and O–H groups in total. The van der Waals surface area contributed by atoms with Gasteiger partial charge < -0.3 is 5.32 Å². The number of anilines is 1. The Labute approximate surface area is 82.2 Å². The number of nitrogens with one attached hydrogen (secondary N) is 1. The Kier molecular flexibility index (Phi) is 2.71. The van der Waals surface area contributed by atoms with Crippen LogP contribution in [0.3, 0.4) is 0 Å². The SMILES string of the molecule is Cc1nc(NC(=O)C(C)(C)C)cs1. The fourth-order valence-electron chi connectivity index (χ4n) is 0.725. The molecule has 72 valence electrons. The zero-order chi connectivity index (χ0) is 10.1. The number of rotatable bonds is 1. The third-order valence-electron chi connectivity index (χ3n) is 1.54. The number of carbonyl (C=O) groups excluding carboxylic acids is 1. The Morgan fingerprint density at radius 2 is 2.15 bits per heavy atom. The van der Waals surface area contributed by atoms with Crippen LogP contribution in [-0.2, 0) is 4.79 Å². The maximum Gasteiger partial charge on any atom is 0.230 e. The highest BCUT2D eigenvalue weighted by molar-refractivity contribution is 7.09. The monoisotopic (exact) mass is 198 g/mol. The number of thiazole rings is 1. The van der Waals surface area contributed by atoms with Crippen molar-refractivity contribution in [3.05, 3.63) is 10.4 Å². The first-order chi connectivity index (χ1) is 5.89. The van der Waals surface area contributed by atoms with Crippen molar-refractivity contribution in [3.8, 4) is 0 Å². The van der Waals surface area contributed by atoms with Crippen LogP contribution in [0.15, 0.2) is 5.38 Å². The number of aromatic nitrogens is 1. The number of amides is 1. The average Bonchev–Trinajstić information content (AvgIpc) is 2.33. The fourth-order valence-corrected chi connectivity index (χ4v) is 1.27. The van der Waals surface area contributed by atoms with Gasteiger partial charge in [-0.05, 0) is 6.92 Å². The van der Waals surface area contributed by atoms with Crippen LogP contribution in [0.1, 0.15) is 25.8 Å². The summed E-state index contributed by atoms with van der Waals surface area (Å²) in [5.74, 6) is 0.653. The van der Waals surface area contributed by atoms with E-state index in [2.05, 4.69) is 10.3 Å². The van der Waals surface area contributed by atoms with Gasteiger partial charge in [-0.15, -0.1) is 11.3 Å². The normalized spacial score (nSPS) is 11.4. The molecule has 0 aliphatic carbocycles. The average molecular weight is 198 g/mol. The summed E-state index contributed by atoms with van der Waals surface area (Å²) in [6.07, 6.45) is 0. The Hall–Kier alpha value is -0.900. The van der Waals surface area contributed by atoms with E-state index >= 15 is 0 Å². The molecular weight excluding hydrogens is 184 g/mol. The van der Waals surface area contributed by atoms with Crippen molar-refractivity contribution in [2.75, 3.05) is 5.32 Å². The van der Waals surface area contributed by atoms with Crippen LogP contribution in [0, 0.1) is 12.3 Å². The predicted molar refractivity (Wildman–Crippen MR) is 54.9 cm³/mol. The number of hydrogen-bond donors (Lipinski definition) is 1. The van der Waals surface area contributed by atoms with E-state index < -0.39 is 0 Å². The molecule has 13 heavy (non-hydrogen) atoms. The van der Waals surface area contributed by atoms with Gasteiger partial charge in [-0.3, -0.25) is 4.79 Å². The van der Waals surface area contributed by atoms with E-state index in [0.717, 1.165) is 5.01 Å². The van der Waals surface area contributed by atoms with Crippen molar-refractivity contribution in [2.24, 2.45) is 5.41 Å². The number of nitrogens with zero attached hydrogens (tertiary/aromatic N) is 1. The number of carbonyl (C=O) groups is 1. The van der Waals surface area contributed by atoms with Crippen LogP contribution >= 0.6 is 11.3 Å². The molecule has 0 unspecified atom stereocenters. The van der Waals surface area contributed by atoms with Crippen molar-refractivity contribution in [1.82, 2.24) is 4.98 Å². The molecule has 0 aliphatic rings. The van der Waals surface area contributed by atoms with Crippen molar-refractivity contribution < 1.29 is 4.79 Å². The first kappa shape index (κ1) is 10.2. The second kappa shape index (κ2) is 3.46. The summed E-state index contributed by atoms with van der Waals surface area (Å²) >= 11 is 1.53. The van der Waals surface area contributed by atoms with E-state index in [1.54, 1.807) is 0 Å². The lowest BCUT2D eigenvalue weighted by Gasteiger charge is -2.16. The molecule has 0 saturated heterocycles. The predicted octanol–water partition coefficient (Wildman–Crippen LogP) is 2.44. The molecule has 0 aromatic carbocycles. The van der Waals surface area contributed by atoms with Gasteiger partial charge in [0.1, 0.15) is 5.82 Å². The third-order valence-corrected chi connectivity index (χ3v) is 2.32. The first-order valence-electron chi connectivity index (χ1n) is 4.13. The van der Waals surface area contributed by atoms with Gasteiger partial charge in [0, 0.05) is 10.8 Å². The van der Waals surface area contributed by atoms with Crippen LogP contribution < -0.4 is 5.32 Å². The lowest BCUT2D eigenvalue weighted by atomic mass is 9.96. The highest BCUT2D eigenvalue weighted by atomic mass is 32.1. The minimum absolute atomic E-state index is 0.00204. The van der Waals surface area contributed by atoms with Gasteiger partial charge in [-0.25, -0.2) is 4.98 Å². The molecular formula is C9H14N2OS. The maximum atomic E-state index is 11.5. The van der Waals surface area contributed by atoms with Gasteiger partial charge in [-0.1, -0.05) is 20.8 Å². The molecule has 1 amide bonds. The van der Waals surface area contributed by atoms with Crippen LogP contribution in [0.2, 0.25) is 0 Å². The third kappa shape index (κ3) is 2.81. The minimum Gasteiger partial charge on any atom is -0.310 e. The Morgan fingerprint density at radius 3 is 2.54 bits per heavy atom. The molecule has 0 fully saturated rings. The number of hydrogen-bond acceptors (Lipinski definition) is 3. The molecule has 3 nitrogen and oxygen atoms in total. The van der Waals surface area contributed by atoms with E-state index in [1.165, 1.54) is 11.3 Å². The number of aryl methyl sites for hydroxylation is 1. The van der Waals surface area contributed by atoms with Gasteiger partial charge in [0.25, 0.3) is 0 Å². The highest BCUT2D eigenvalue weighted by Gasteiger charge is 2.21. The second-order valence-corrected chi connectivity index (χ2v) is 5.02. The van der Waals surface area contributed by atoms with Gasteiger partial charge in [0.05, 0.1) is 5.01 Å². The first-order valence-corrected chi connectivity index (χ1v) is 5.01. The Bertz CT molecular complexity index is 312. The molecule has 1 aromatic heterocycles. The van der Waals surface area contributed by atoms with E-state index in [1.807, 2.05) is 33.1 Å². The van der Waals surface area contributed by atoms with Crippen LogP contribution in [0.5, 0.6) is 0 Å². The summed E-state index contributed by atoms with van der Waals surface area (Å²) in [7, 11) is 0. The molecule has 4 heteroatoms. The van der Waals surface area contributed by atoms with E-state index in [-0.39, 0.29) is 11.3 Å². The quantitative estimate of drug-likeness (QED) is 0.753.